The van der Waals surface area contributed by atoms with Crippen LogP contribution in [0.3, 0.4) is 0 Å². The van der Waals surface area contributed by atoms with Gasteiger partial charge in [-0.3, -0.25) is 19.4 Å². The molecule has 2 aromatic rings. The number of pyridine rings is 2. The molecular weight excluding hydrogens is 405 g/mol. The summed E-state index contributed by atoms with van der Waals surface area (Å²) in [6.45, 7) is 2.82. The Morgan fingerprint density at radius 3 is 2.94 bits per heavy atom. The SMILES string of the molecule is CCC1Oc2cnc(CN3CC=C(c4ccc(C(=O)NC)nc4F)CO3)cc2NC1=O. The number of hydrogen-bond acceptors (Lipinski definition) is 7. The van der Waals surface area contributed by atoms with Crippen molar-refractivity contribution >= 4 is 23.1 Å². The standard InChI is InChI=1S/C21H22FN5O4/c1-3-17-21(29)26-16-8-13(24-9-18(16)31-17)10-27-7-6-12(11-30-27)14-4-5-15(20(28)23-2)25-19(14)22/h4-6,8-9,17H,3,7,10-11H2,1-2H3,(H,23,28)(H,26,29). The lowest BCUT2D eigenvalue weighted by atomic mass is 10.1. The summed E-state index contributed by atoms with van der Waals surface area (Å²) in [5.74, 6) is -0.802. The maximum Gasteiger partial charge on any atom is 0.269 e. The fraction of sp³-hybridized carbons (Fsp3) is 0.333. The molecule has 0 fully saturated rings. The first-order valence-corrected chi connectivity index (χ1v) is 9.90. The number of carbonyl (C=O) groups excluding carboxylic acids is 2. The summed E-state index contributed by atoms with van der Waals surface area (Å²) in [5, 5.41) is 6.93. The van der Waals surface area contributed by atoms with Crippen molar-refractivity contribution in [2.45, 2.75) is 26.0 Å². The highest BCUT2D eigenvalue weighted by Gasteiger charge is 2.27. The fourth-order valence-electron chi connectivity index (χ4n) is 3.34. The first-order chi connectivity index (χ1) is 15.0. The molecule has 2 N–H and O–H groups in total. The molecule has 2 aliphatic heterocycles. The summed E-state index contributed by atoms with van der Waals surface area (Å²) in [5.41, 5.74) is 2.23. The van der Waals surface area contributed by atoms with Crippen LogP contribution in [0.5, 0.6) is 5.75 Å². The van der Waals surface area contributed by atoms with Gasteiger partial charge in [0.25, 0.3) is 11.8 Å². The van der Waals surface area contributed by atoms with E-state index >= 15 is 0 Å². The number of fused-ring (bicyclic) bond motifs is 1. The van der Waals surface area contributed by atoms with Crippen molar-refractivity contribution in [2.24, 2.45) is 0 Å². The van der Waals surface area contributed by atoms with E-state index in [-0.39, 0.29) is 18.2 Å². The third kappa shape index (κ3) is 4.39. The molecule has 0 spiro atoms. The summed E-state index contributed by atoms with van der Waals surface area (Å²) >= 11 is 0. The number of aromatic nitrogens is 2. The van der Waals surface area contributed by atoms with Crippen LogP contribution in [-0.4, -0.2) is 53.1 Å². The van der Waals surface area contributed by atoms with Gasteiger partial charge in [-0.15, -0.1) is 0 Å². The van der Waals surface area contributed by atoms with Gasteiger partial charge in [-0.1, -0.05) is 13.0 Å². The molecular formula is C21H22FN5O4. The van der Waals surface area contributed by atoms with Crippen molar-refractivity contribution in [2.75, 3.05) is 25.5 Å². The van der Waals surface area contributed by atoms with Gasteiger partial charge in [0.05, 0.1) is 30.7 Å². The van der Waals surface area contributed by atoms with Gasteiger partial charge in [0.15, 0.2) is 11.9 Å². The van der Waals surface area contributed by atoms with Crippen LogP contribution in [0.25, 0.3) is 5.57 Å². The first kappa shape index (κ1) is 20.9. The van der Waals surface area contributed by atoms with Crippen LogP contribution in [0.4, 0.5) is 10.1 Å². The number of carbonyl (C=O) groups is 2. The normalized spacial score (nSPS) is 18.5. The van der Waals surface area contributed by atoms with Gasteiger partial charge in [0.2, 0.25) is 5.95 Å². The molecule has 10 heteroatoms. The molecule has 2 amide bonds. The van der Waals surface area contributed by atoms with Crippen molar-refractivity contribution in [3.63, 3.8) is 0 Å². The molecule has 0 saturated carbocycles. The Morgan fingerprint density at radius 1 is 1.42 bits per heavy atom. The van der Waals surface area contributed by atoms with Gasteiger partial charge in [-0.25, -0.2) is 4.98 Å². The number of hydroxylamine groups is 2. The summed E-state index contributed by atoms with van der Waals surface area (Å²) < 4.78 is 20.0. The average molecular weight is 427 g/mol. The van der Waals surface area contributed by atoms with Crippen LogP contribution in [0, 0.1) is 5.95 Å². The second-order valence-corrected chi connectivity index (χ2v) is 7.12. The lowest BCUT2D eigenvalue weighted by molar-refractivity contribution is -0.151. The second-order valence-electron chi connectivity index (χ2n) is 7.12. The van der Waals surface area contributed by atoms with Crippen LogP contribution in [0.15, 0.2) is 30.5 Å². The smallest absolute Gasteiger partial charge is 0.269 e. The van der Waals surface area contributed by atoms with Gasteiger partial charge < -0.3 is 15.4 Å². The first-order valence-electron chi connectivity index (χ1n) is 9.90. The Labute approximate surface area is 178 Å². The molecule has 4 rings (SSSR count). The van der Waals surface area contributed by atoms with E-state index in [1.165, 1.54) is 19.2 Å². The summed E-state index contributed by atoms with van der Waals surface area (Å²) in [6.07, 6.45) is 3.51. The summed E-state index contributed by atoms with van der Waals surface area (Å²) in [6, 6.07) is 4.75. The maximum atomic E-state index is 14.4. The van der Waals surface area contributed by atoms with E-state index in [1.807, 2.05) is 13.0 Å². The van der Waals surface area contributed by atoms with Gasteiger partial charge in [-0.05, 0) is 30.2 Å². The molecule has 0 bridgehead atoms. The van der Waals surface area contributed by atoms with Gasteiger partial charge in [0.1, 0.15) is 5.69 Å². The predicted octanol–water partition coefficient (Wildman–Crippen LogP) is 1.92. The monoisotopic (exact) mass is 427 g/mol. The molecule has 0 aromatic carbocycles. The van der Waals surface area contributed by atoms with Crippen molar-refractivity contribution < 1.29 is 23.6 Å². The number of rotatable bonds is 5. The number of amides is 2. The minimum absolute atomic E-state index is 0.0162. The van der Waals surface area contributed by atoms with Crippen molar-refractivity contribution in [3.8, 4) is 5.75 Å². The van der Waals surface area contributed by atoms with E-state index in [2.05, 4.69) is 20.6 Å². The Bertz CT molecular complexity index is 1060. The van der Waals surface area contributed by atoms with Crippen LogP contribution in [0.2, 0.25) is 0 Å². The van der Waals surface area contributed by atoms with Crippen molar-refractivity contribution in [3.05, 3.63) is 53.4 Å². The van der Waals surface area contributed by atoms with E-state index in [1.54, 1.807) is 17.3 Å². The molecule has 31 heavy (non-hydrogen) atoms. The van der Waals surface area contributed by atoms with Crippen molar-refractivity contribution in [1.82, 2.24) is 20.3 Å². The Balaban J connectivity index is 1.42. The number of ether oxygens (including phenoxy) is 1. The second kappa shape index (κ2) is 8.78. The average Bonchev–Trinajstić information content (AvgIpc) is 2.78. The largest absolute Gasteiger partial charge is 0.477 e. The van der Waals surface area contributed by atoms with E-state index in [0.29, 0.717) is 47.8 Å². The molecule has 2 aliphatic rings. The number of nitrogens with one attached hydrogen (secondary N) is 2. The number of halogens is 1. The molecule has 162 valence electrons. The quantitative estimate of drug-likeness (QED) is 0.703. The predicted molar refractivity (Wildman–Crippen MR) is 109 cm³/mol. The molecule has 0 saturated heterocycles. The zero-order valence-electron chi connectivity index (χ0n) is 17.1. The van der Waals surface area contributed by atoms with E-state index in [9.17, 15) is 14.0 Å². The van der Waals surface area contributed by atoms with E-state index in [4.69, 9.17) is 9.57 Å². The highest BCUT2D eigenvalue weighted by molar-refractivity contribution is 5.97. The molecule has 0 aliphatic carbocycles. The lowest BCUT2D eigenvalue weighted by Gasteiger charge is -2.27. The van der Waals surface area contributed by atoms with Crippen LogP contribution in [0.1, 0.15) is 35.1 Å². The third-order valence-corrected chi connectivity index (χ3v) is 5.05. The highest BCUT2D eigenvalue weighted by Crippen LogP contribution is 2.30. The van der Waals surface area contributed by atoms with Gasteiger partial charge in [0, 0.05) is 19.2 Å². The molecule has 9 nitrogen and oxygen atoms in total. The third-order valence-electron chi connectivity index (χ3n) is 5.05. The highest BCUT2D eigenvalue weighted by atomic mass is 19.1. The fourth-order valence-corrected chi connectivity index (χ4v) is 3.34. The summed E-state index contributed by atoms with van der Waals surface area (Å²) in [7, 11) is 1.46. The molecule has 0 radical (unpaired) electrons. The minimum atomic E-state index is -0.720. The minimum Gasteiger partial charge on any atom is -0.477 e. The molecule has 2 aromatic heterocycles. The molecule has 1 unspecified atom stereocenters. The maximum absolute atomic E-state index is 14.4. The zero-order valence-corrected chi connectivity index (χ0v) is 17.1. The van der Waals surface area contributed by atoms with Crippen LogP contribution < -0.4 is 15.4 Å². The van der Waals surface area contributed by atoms with E-state index in [0.717, 1.165) is 0 Å². The topological polar surface area (TPSA) is 106 Å². The Morgan fingerprint density at radius 2 is 2.26 bits per heavy atom. The summed E-state index contributed by atoms with van der Waals surface area (Å²) in [4.78, 5) is 37.4. The number of hydrogen-bond donors (Lipinski definition) is 2. The number of anilines is 1. The van der Waals surface area contributed by atoms with Gasteiger partial charge >= 0.3 is 0 Å². The van der Waals surface area contributed by atoms with Crippen molar-refractivity contribution in [1.29, 1.82) is 0 Å². The van der Waals surface area contributed by atoms with E-state index < -0.39 is 18.0 Å². The molecule has 4 heterocycles. The Kier molecular flexibility index (Phi) is 5.92. The number of nitrogens with zero attached hydrogens (tertiary/aromatic N) is 3. The Hall–Kier alpha value is -3.37. The van der Waals surface area contributed by atoms with Crippen LogP contribution in [-0.2, 0) is 16.2 Å². The van der Waals surface area contributed by atoms with Gasteiger partial charge in [-0.2, -0.15) is 9.45 Å². The zero-order chi connectivity index (χ0) is 22.0. The van der Waals surface area contributed by atoms with Crippen LogP contribution >= 0.6 is 0 Å². The molecule has 1 atom stereocenters. The lowest BCUT2D eigenvalue weighted by Crippen LogP contribution is -2.36.